The van der Waals surface area contributed by atoms with Gasteiger partial charge in [0.15, 0.2) is 0 Å². The second-order valence-corrected chi connectivity index (χ2v) is 5.71. The maximum absolute atomic E-state index is 12.6. The molecule has 2 aromatic carbocycles. The number of carbonyl (C=O) groups excluding carboxylic acids is 1. The van der Waals surface area contributed by atoms with Gasteiger partial charge in [-0.2, -0.15) is 0 Å². The third kappa shape index (κ3) is 4.31. The second-order valence-electron chi connectivity index (χ2n) is 5.71. The summed E-state index contributed by atoms with van der Waals surface area (Å²) in [5.41, 5.74) is 3.76. The van der Waals surface area contributed by atoms with Gasteiger partial charge in [0.2, 0.25) is 0 Å². The number of methoxy groups -OCH3 is 1. The van der Waals surface area contributed by atoms with Crippen LogP contribution < -0.4 is 5.32 Å². The Morgan fingerprint density at radius 3 is 2.24 bits per heavy atom. The number of nitrogens with zero attached hydrogens (tertiary/aromatic N) is 1. The molecule has 0 bridgehead atoms. The van der Waals surface area contributed by atoms with E-state index in [0.29, 0.717) is 12.2 Å². The molecule has 3 rings (SSSR count). The van der Waals surface area contributed by atoms with Crippen molar-refractivity contribution in [3.05, 3.63) is 90.3 Å². The number of aromatic nitrogens is 1. The lowest BCUT2D eigenvalue weighted by atomic mass is 10.0. The first-order chi connectivity index (χ1) is 12.3. The molecule has 1 heterocycles. The number of hydrogen-bond acceptors (Lipinski definition) is 3. The number of amides is 1. The highest BCUT2D eigenvalue weighted by molar-refractivity contribution is 5.95. The van der Waals surface area contributed by atoms with Crippen molar-refractivity contribution in [2.24, 2.45) is 0 Å². The molecule has 0 spiro atoms. The largest absolute Gasteiger partial charge is 0.382 e. The third-order valence-electron chi connectivity index (χ3n) is 4.00. The van der Waals surface area contributed by atoms with E-state index in [0.717, 1.165) is 16.7 Å². The lowest BCUT2D eigenvalue weighted by Crippen LogP contribution is -2.31. The van der Waals surface area contributed by atoms with Gasteiger partial charge in [-0.15, -0.1) is 0 Å². The van der Waals surface area contributed by atoms with E-state index in [1.165, 1.54) is 0 Å². The normalized spacial score (nSPS) is 11.7. The van der Waals surface area contributed by atoms with E-state index in [-0.39, 0.29) is 11.9 Å². The van der Waals surface area contributed by atoms with Gasteiger partial charge in [0.1, 0.15) is 0 Å². The Balaban J connectivity index is 1.74. The van der Waals surface area contributed by atoms with Gasteiger partial charge >= 0.3 is 0 Å². The van der Waals surface area contributed by atoms with Crippen molar-refractivity contribution in [2.45, 2.75) is 6.04 Å². The minimum atomic E-state index is -0.182. The predicted octanol–water partition coefficient (Wildman–Crippen LogP) is 3.87. The smallest absolute Gasteiger partial charge is 0.251 e. The highest BCUT2D eigenvalue weighted by Crippen LogP contribution is 2.19. The van der Waals surface area contributed by atoms with Crippen molar-refractivity contribution < 1.29 is 9.53 Å². The Morgan fingerprint density at radius 1 is 0.960 bits per heavy atom. The van der Waals surface area contributed by atoms with Crippen LogP contribution >= 0.6 is 0 Å². The minimum absolute atomic E-state index is 0.118. The summed E-state index contributed by atoms with van der Waals surface area (Å²) in [6.45, 7) is 0.421. The lowest BCUT2D eigenvalue weighted by molar-refractivity contribution is 0.0896. The van der Waals surface area contributed by atoms with Crippen LogP contribution in [-0.2, 0) is 4.74 Å². The number of carbonyl (C=O) groups is 1. The fraction of sp³-hybridized carbons (Fsp3) is 0.143. The SMILES string of the molecule is COCC(NC(=O)c1ccc(-c2ccncc2)cc1)c1ccccc1. The van der Waals surface area contributed by atoms with Crippen LogP contribution in [0.5, 0.6) is 0 Å². The van der Waals surface area contributed by atoms with Gasteiger partial charge < -0.3 is 10.1 Å². The molecule has 126 valence electrons. The fourth-order valence-corrected chi connectivity index (χ4v) is 2.67. The molecule has 0 radical (unpaired) electrons. The summed E-state index contributed by atoms with van der Waals surface area (Å²) in [6, 6.07) is 21.1. The first-order valence-corrected chi connectivity index (χ1v) is 8.13. The summed E-state index contributed by atoms with van der Waals surface area (Å²) in [6.07, 6.45) is 3.51. The van der Waals surface area contributed by atoms with E-state index < -0.39 is 0 Å². The van der Waals surface area contributed by atoms with Crippen molar-refractivity contribution >= 4 is 5.91 Å². The number of hydrogen-bond donors (Lipinski definition) is 1. The molecule has 4 nitrogen and oxygen atoms in total. The van der Waals surface area contributed by atoms with E-state index >= 15 is 0 Å². The Hall–Kier alpha value is -2.98. The van der Waals surface area contributed by atoms with E-state index in [4.69, 9.17) is 4.74 Å². The number of pyridine rings is 1. The van der Waals surface area contributed by atoms with E-state index in [1.807, 2.05) is 66.7 Å². The molecule has 0 aliphatic heterocycles. The molecule has 1 N–H and O–H groups in total. The maximum Gasteiger partial charge on any atom is 0.251 e. The van der Waals surface area contributed by atoms with Gasteiger partial charge in [0, 0.05) is 25.1 Å². The van der Waals surface area contributed by atoms with Crippen LogP contribution in [0.25, 0.3) is 11.1 Å². The average molecular weight is 332 g/mol. The van der Waals surface area contributed by atoms with Crippen LogP contribution in [0.2, 0.25) is 0 Å². The zero-order valence-electron chi connectivity index (χ0n) is 14.1. The van der Waals surface area contributed by atoms with Crippen LogP contribution in [0.4, 0.5) is 0 Å². The first kappa shape index (κ1) is 16.9. The van der Waals surface area contributed by atoms with Gasteiger partial charge in [-0.05, 0) is 41.0 Å². The van der Waals surface area contributed by atoms with E-state index in [9.17, 15) is 4.79 Å². The highest BCUT2D eigenvalue weighted by Gasteiger charge is 2.15. The molecular weight excluding hydrogens is 312 g/mol. The van der Waals surface area contributed by atoms with E-state index in [2.05, 4.69) is 10.3 Å². The van der Waals surface area contributed by atoms with Crippen molar-refractivity contribution in [2.75, 3.05) is 13.7 Å². The summed E-state index contributed by atoms with van der Waals surface area (Å²) in [5, 5.41) is 3.04. The number of rotatable bonds is 6. The van der Waals surface area contributed by atoms with Gasteiger partial charge in [-0.3, -0.25) is 9.78 Å². The molecule has 0 aliphatic rings. The standard InChI is InChI=1S/C21H20N2O2/c1-25-15-20(18-5-3-2-4-6-18)23-21(24)19-9-7-16(8-10-19)17-11-13-22-14-12-17/h2-14,20H,15H2,1H3,(H,23,24). The second kappa shape index (κ2) is 8.22. The number of ether oxygens (including phenoxy) is 1. The third-order valence-corrected chi connectivity index (χ3v) is 4.00. The molecule has 0 saturated carbocycles. The maximum atomic E-state index is 12.6. The summed E-state index contributed by atoms with van der Waals surface area (Å²) in [7, 11) is 1.63. The summed E-state index contributed by atoms with van der Waals surface area (Å²) in [4.78, 5) is 16.6. The van der Waals surface area contributed by atoms with Crippen LogP contribution in [0, 0.1) is 0 Å². The monoisotopic (exact) mass is 332 g/mol. The molecule has 1 unspecified atom stereocenters. The molecule has 0 aliphatic carbocycles. The zero-order chi connectivity index (χ0) is 17.5. The van der Waals surface area contributed by atoms with Crippen molar-refractivity contribution in [3.8, 4) is 11.1 Å². The molecule has 4 heteroatoms. The van der Waals surface area contributed by atoms with Crippen LogP contribution in [0.15, 0.2) is 79.1 Å². The quantitative estimate of drug-likeness (QED) is 0.745. The summed E-state index contributed by atoms with van der Waals surface area (Å²) in [5.74, 6) is -0.118. The Morgan fingerprint density at radius 2 is 1.60 bits per heavy atom. The van der Waals surface area contributed by atoms with Crippen LogP contribution in [-0.4, -0.2) is 24.6 Å². The van der Waals surface area contributed by atoms with Gasteiger partial charge in [0.25, 0.3) is 5.91 Å². The number of benzene rings is 2. The van der Waals surface area contributed by atoms with Crippen LogP contribution in [0.3, 0.4) is 0 Å². The zero-order valence-corrected chi connectivity index (χ0v) is 14.1. The molecule has 0 saturated heterocycles. The Kier molecular flexibility index (Phi) is 5.54. The molecular formula is C21H20N2O2. The van der Waals surface area contributed by atoms with Gasteiger partial charge in [-0.1, -0.05) is 42.5 Å². The Labute approximate surface area is 147 Å². The van der Waals surface area contributed by atoms with Crippen LogP contribution in [0.1, 0.15) is 22.0 Å². The molecule has 3 aromatic rings. The fourth-order valence-electron chi connectivity index (χ4n) is 2.67. The highest BCUT2D eigenvalue weighted by atomic mass is 16.5. The molecule has 1 amide bonds. The lowest BCUT2D eigenvalue weighted by Gasteiger charge is -2.18. The van der Waals surface area contributed by atoms with Gasteiger partial charge in [0.05, 0.1) is 12.6 Å². The van der Waals surface area contributed by atoms with Crippen molar-refractivity contribution in [1.29, 1.82) is 0 Å². The summed E-state index contributed by atoms with van der Waals surface area (Å²) >= 11 is 0. The average Bonchev–Trinajstić information content (AvgIpc) is 2.69. The molecule has 0 fully saturated rings. The van der Waals surface area contributed by atoms with Crippen molar-refractivity contribution in [1.82, 2.24) is 10.3 Å². The topological polar surface area (TPSA) is 51.2 Å². The first-order valence-electron chi connectivity index (χ1n) is 8.13. The minimum Gasteiger partial charge on any atom is -0.382 e. The van der Waals surface area contributed by atoms with E-state index in [1.54, 1.807) is 19.5 Å². The van der Waals surface area contributed by atoms with Gasteiger partial charge in [-0.25, -0.2) is 0 Å². The summed E-state index contributed by atoms with van der Waals surface area (Å²) < 4.78 is 5.25. The number of nitrogens with one attached hydrogen (secondary N) is 1. The molecule has 1 aromatic heterocycles. The molecule has 25 heavy (non-hydrogen) atoms. The Bertz CT molecular complexity index is 802. The predicted molar refractivity (Wildman–Crippen MR) is 98.2 cm³/mol. The molecule has 1 atom stereocenters. The van der Waals surface area contributed by atoms with Crippen molar-refractivity contribution in [3.63, 3.8) is 0 Å².